The molecule has 7 heteroatoms. The first-order chi connectivity index (χ1) is 9.04. The lowest BCUT2D eigenvalue weighted by atomic mass is 10.2. The van der Waals surface area contributed by atoms with Gasteiger partial charge in [-0.25, -0.2) is 4.98 Å². The molecule has 4 N–H and O–H groups in total. The van der Waals surface area contributed by atoms with Gasteiger partial charge in [0, 0.05) is 23.7 Å². The minimum absolute atomic E-state index is 0.171. The Balaban J connectivity index is 2.10. The highest BCUT2D eigenvalue weighted by Gasteiger charge is 2.10. The van der Waals surface area contributed by atoms with Crippen LogP contribution in [0.2, 0.25) is 0 Å². The summed E-state index contributed by atoms with van der Waals surface area (Å²) in [5.41, 5.74) is 6.93. The third-order valence-corrected chi connectivity index (χ3v) is 2.87. The number of carbonyl (C=O) groups is 2. The van der Waals surface area contributed by atoms with Crippen LogP contribution in [0.4, 0.5) is 16.5 Å². The molecule has 0 bridgehead atoms. The maximum absolute atomic E-state index is 11.9. The van der Waals surface area contributed by atoms with Crippen molar-refractivity contribution < 1.29 is 9.59 Å². The number of aromatic nitrogens is 1. The van der Waals surface area contributed by atoms with Crippen molar-refractivity contribution in [2.24, 2.45) is 0 Å². The van der Waals surface area contributed by atoms with Crippen LogP contribution in [0.15, 0.2) is 29.6 Å². The predicted octanol–water partition coefficient (Wildman–Crippen LogP) is 1.94. The van der Waals surface area contributed by atoms with Crippen molar-refractivity contribution in [3.63, 3.8) is 0 Å². The highest BCUT2D eigenvalue weighted by Crippen LogP contribution is 2.17. The summed E-state index contributed by atoms with van der Waals surface area (Å²) in [5, 5.41) is 7.25. The van der Waals surface area contributed by atoms with Gasteiger partial charge in [-0.3, -0.25) is 9.59 Å². The van der Waals surface area contributed by atoms with Crippen LogP contribution in [0, 0.1) is 0 Å². The smallest absolute Gasteiger partial charge is 0.275 e. The van der Waals surface area contributed by atoms with Gasteiger partial charge >= 0.3 is 0 Å². The lowest BCUT2D eigenvalue weighted by molar-refractivity contribution is -0.114. The fourth-order valence-electron chi connectivity index (χ4n) is 1.46. The third kappa shape index (κ3) is 3.52. The molecule has 6 nitrogen and oxygen atoms in total. The van der Waals surface area contributed by atoms with Gasteiger partial charge in [-0.1, -0.05) is 6.07 Å². The Kier molecular flexibility index (Phi) is 3.76. The van der Waals surface area contributed by atoms with E-state index in [1.54, 1.807) is 29.6 Å². The van der Waals surface area contributed by atoms with Crippen molar-refractivity contribution in [3.8, 4) is 0 Å². The SMILES string of the molecule is CC(=O)Nc1cccc(NC(=O)c2csc(N)n2)c1. The molecule has 2 amide bonds. The van der Waals surface area contributed by atoms with Gasteiger partial charge in [-0.2, -0.15) is 0 Å². The van der Waals surface area contributed by atoms with Crippen molar-refractivity contribution in [2.75, 3.05) is 16.4 Å². The average molecular weight is 276 g/mol. The Labute approximate surface area is 113 Å². The highest BCUT2D eigenvalue weighted by molar-refractivity contribution is 7.13. The van der Waals surface area contributed by atoms with Crippen molar-refractivity contribution >= 4 is 39.7 Å². The number of thiazole rings is 1. The standard InChI is InChI=1S/C12H12N4O2S/c1-7(17)14-8-3-2-4-9(5-8)15-11(18)10-6-19-12(13)16-10/h2-6H,1H3,(H2,13,16)(H,14,17)(H,15,18). The molecule has 0 atom stereocenters. The molecule has 0 fully saturated rings. The number of nitrogens with one attached hydrogen (secondary N) is 2. The molecular formula is C12H12N4O2S. The molecule has 0 spiro atoms. The van der Waals surface area contributed by atoms with E-state index >= 15 is 0 Å². The topological polar surface area (TPSA) is 97.1 Å². The number of nitrogens with zero attached hydrogens (tertiary/aromatic N) is 1. The van der Waals surface area contributed by atoms with Crippen LogP contribution in [-0.4, -0.2) is 16.8 Å². The molecule has 1 aromatic heterocycles. The fraction of sp³-hybridized carbons (Fsp3) is 0.0833. The molecular weight excluding hydrogens is 264 g/mol. The first kappa shape index (κ1) is 13.0. The van der Waals surface area contributed by atoms with E-state index in [-0.39, 0.29) is 17.5 Å². The summed E-state index contributed by atoms with van der Waals surface area (Å²) in [6.07, 6.45) is 0. The minimum atomic E-state index is -0.340. The maximum atomic E-state index is 11.9. The summed E-state index contributed by atoms with van der Waals surface area (Å²) < 4.78 is 0. The van der Waals surface area contributed by atoms with Gasteiger partial charge in [-0.05, 0) is 18.2 Å². The van der Waals surface area contributed by atoms with Crippen molar-refractivity contribution in [2.45, 2.75) is 6.92 Å². The molecule has 0 aliphatic carbocycles. The second-order valence-electron chi connectivity index (χ2n) is 3.79. The first-order valence-electron chi connectivity index (χ1n) is 5.44. The number of hydrogen-bond donors (Lipinski definition) is 3. The summed E-state index contributed by atoms with van der Waals surface area (Å²) in [6, 6.07) is 6.85. The zero-order chi connectivity index (χ0) is 13.8. The van der Waals surface area contributed by atoms with Crippen molar-refractivity contribution in [3.05, 3.63) is 35.3 Å². The second-order valence-corrected chi connectivity index (χ2v) is 4.68. The Morgan fingerprint density at radius 3 is 2.53 bits per heavy atom. The summed E-state index contributed by atoms with van der Waals surface area (Å²) in [6.45, 7) is 1.42. The third-order valence-electron chi connectivity index (χ3n) is 2.20. The van der Waals surface area contributed by atoms with Crippen LogP contribution in [0.3, 0.4) is 0 Å². The van der Waals surface area contributed by atoms with E-state index in [1.165, 1.54) is 18.3 Å². The molecule has 2 aromatic rings. The molecule has 0 unspecified atom stereocenters. The average Bonchev–Trinajstić information content (AvgIpc) is 2.75. The van der Waals surface area contributed by atoms with Crippen LogP contribution in [0.25, 0.3) is 0 Å². The largest absolute Gasteiger partial charge is 0.375 e. The molecule has 0 saturated heterocycles. The Morgan fingerprint density at radius 1 is 1.26 bits per heavy atom. The van der Waals surface area contributed by atoms with E-state index in [1.807, 2.05) is 0 Å². The van der Waals surface area contributed by atoms with Crippen LogP contribution >= 0.6 is 11.3 Å². The number of benzene rings is 1. The molecule has 98 valence electrons. The molecule has 19 heavy (non-hydrogen) atoms. The van der Waals surface area contributed by atoms with E-state index in [2.05, 4.69) is 15.6 Å². The number of nitrogens with two attached hydrogens (primary N) is 1. The fourth-order valence-corrected chi connectivity index (χ4v) is 2.01. The quantitative estimate of drug-likeness (QED) is 0.798. The summed E-state index contributed by atoms with van der Waals surface area (Å²) in [7, 11) is 0. The molecule has 1 aromatic carbocycles. The van der Waals surface area contributed by atoms with Gasteiger partial charge in [0.05, 0.1) is 0 Å². The molecule has 1 heterocycles. The lowest BCUT2D eigenvalue weighted by Gasteiger charge is -2.06. The normalized spacial score (nSPS) is 9.95. The summed E-state index contributed by atoms with van der Waals surface area (Å²) in [4.78, 5) is 26.7. The second kappa shape index (κ2) is 5.49. The highest BCUT2D eigenvalue weighted by atomic mass is 32.1. The molecule has 0 radical (unpaired) electrons. The van der Waals surface area contributed by atoms with Crippen molar-refractivity contribution in [1.82, 2.24) is 4.98 Å². The van der Waals surface area contributed by atoms with Gasteiger partial charge in [0.15, 0.2) is 5.13 Å². The van der Waals surface area contributed by atoms with Crippen LogP contribution < -0.4 is 16.4 Å². The Bertz CT molecular complexity index is 624. The van der Waals surface area contributed by atoms with E-state index in [0.717, 1.165) is 0 Å². The summed E-state index contributed by atoms with van der Waals surface area (Å²) >= 11 is 1.20. The van der Waals surface area contributed by atoms with Gasteiger partial charge in [0.1, 0.15) is 5.69 Å². The van der Waals surface area contributed by atoms with Gasteiger partial charge < -0.3 is 16.4 Å². The number of anilines is 3. The van der Waals surface area contributed by atoms with Gasteiger partial charge in [0.25, 0.3) is 5.91 Å². The van der Waals surface area contributed by atoms with Crippen LogP contribution in [0.1, 0.15) is 17.4 Å². The number of rotatable bonds is 3. The predicted molar refractivity (Wildman–Crippen MR) is 75.2 cm³/mol. The number of carbonyl (C=O) groups excluding carboxylic acids is 2. The van der Waals surface area contributed by atoms with Crippen LogP contribution in [0.5, 0.6) is 0 Å². The number of amides is 2. The molecule has 0 saturated carbocycles. The monoisotopic (exact) mass is 276 g/mol. The van der Waals surface area contributed by atoms with Crippen LogP contribution in [-0.2, 0) is 4.79 Å². The van der Waals surface area contributed by atoms with E-state index in [4.69, 9.17) is 5.73 Å². The Hall–Kier alpha value is -2.41. The lowest BCUT2D eigenvalue weighted by Crippen LogP contribution is -2.13. The summed E-state index contributed by atoms with van der Waals surface area (Å²) in [5.74, 6) is -0.510. The Morgan fingerprint density at radius 2 is 1.95 bits per heavy atom. The molecule has 0 aliphatic heterocycles. The van der Waals surface area contributed by atoms with Crippen molar-refractivity contribution in [1.29, 1.82) is 0 Å². The number of hydrogen-bond acceptors (Lipinski definition) is 5. The zero-order valence-corrected chi connectivity index (χ0v) is 11.0. The molecule has 2 rings (SSSR count). The van der Waals surface area contributed by atoms with Gasteiger partial charge in [-0.15, -0.1) is 11.3 Å². The maximum Gasteiger partial charge on any atom is 0.275 e. The van der Waals surface area contributed by atoms with E-state index in [9.17, 15) is 9.59 Å². The minimum Gasteiger partial charge on any atom is -0.375 e. The zero-order valence-electron chi connectivity index (χ0n) is 10.1. The van der Waals surface area contributed by atoms with E-state index < -0.39 is 0 Å². The first-order valence-corrected chi connectivity index (χ1v) is 6.32. The van der Waals surface area contributed by atoms with E-state index in [0.29, 0.717) is 16.5 Å². The number of nitrogen functional groups attached to an aromatic ring is 1. The molecule has 0 aliphatic rings. The van der Waals surface area contributed by atoms with Gasteiger partial charge in [0.2, 0.25) is 5.91 Å².